The molecule has 8 nitrogen and oxygen atoms in total. The van der Waals surface area contributed by atoms with E-state index in [1.165, 1.54) is 4.90 Å². The molecule has 2 rings (SSSR count). The van der Waals surface area contributed by atoms with E-state index in [9.17, 15) is 18.0 Å². The Morgan fingerprint density at radius 2 is 1.63 bits per heavy atom. The third kappa shape index (κ3) is 7.75. The fraction of sp³-hybridized carbons (Fsp3) is 0.417. The van der Waals surface area contributed by atoms with Crippen LogP contribution in [0.2, 0.25) is 10.0 Å². The van der Waals surface area contributed by atoms with Crippen LogP contribution in [0.1, 0.15) is 32.8 Å². The van der Waals surface area contributed by atoms with Crippen LogP contribution in [0.5, 0.6) is 5.75 Å². The van der Waals surface area contributed by atoms with Gasteiger partial charge in [-0.3, -0.25) is 13.9 Å². The molecular formula is C24H31Cl2N3O5S. The van der Waals surface area contributed by atoms with Crippen molar-refractivity contribution in [3.05, 3.63) is 58.1 Å². The summed E-state index contributed by atoms with van der Waals surface area (Å²) in [5.74, 6) is -0.342. The number of halogens is 2. The average molecular weight is 545 g/mol. The van der Waals surface area contributed by atoms with E-state index < -0.39 is 28.5 Å². The van der Waals surface area contributed by atoms with E-state index in [2.05, 4.69) is 5.32 Å². The highest BCUT2D eigenvalue weighted by Gasteiger charge is 2.32. The molecule has 192 valence electrons. The van der Waals surface area contributed by atoms with E-state index >= 15 is 0 Å². The molecule has 0 radical (unpaired) electrons. The second-order valence-corrected chi connectivity index (χ2v) is 10.5. The lowest BCUT2D eigenvalue weighted by molar-refractivity contribution is -0.140. The number of ether oxygens (including phenoxy) is 1. The molecule has 1 atom stereocenters. The summed E-state index contributed by atoms with van der Waals surface area (Å²) in [7, 11) is -3.83. The van der Waals surface area contributed by atoms with Gasteiger partial charge in [-0.1, -0.05) is 36.2 Å². The monoisotopic (exact) mass is 543 g/mol. The van der Waals surface area contributed by atoms with E-state index in [0.717, 1.165) is 10.6 Å². The van der Waals surface area contributed by atoms with Crippen LogP contribution in [-0.4, -0.2) is 57.1 Å². The normalized spacial score (nSPS) is 12.1. The summed E-state index contributed by atoms with van der Waals surface area (Å²) >= 11 is 12.7. The van der Waals surface area contributed by atoms with Gasteiger partial charge in [0, 0.05) is 28.7 Å². The molecule has 0 heterocycles. The minimum Gasteiger partial charge on any atom is -0.494 e. The predicted octanol–water partition coefficient (Wildman–Crippen LogP) is 4.10. The van der Waals surface area contributed by atoms with Crippen molar-refractivity contribution in [2.24, 2.45) is 0 Å². The molecule has 0 fully saturated rings. The van der Waals surface area contributed by atoms with Crippen molar-refractivity contribution >= 4 is 50.7 Å². The number of benzene rings is 2. The first-order valence-electron chi connectivity index (χ1n) is 11.2. The number of sulfonamides is 1. The maximum absolute atomic E-state index is 13.6. The Morgan fingerprint density at radius 1 is 1.03 bits per heavy atom. The Kier molecular flexibility index (Phi) is 10.7. The summed E-state index contributed by atoms with van der Waals surface area (Å²) in [6.07, 6.45) is 1.33. The quantitative estimate of drug-likeness (QED) is 0.434. The van der Waals surface area contributed by atoms with Crippen LogP contribution in [-0.2, 0) is 26.2 Å². The largest absolute Gasteiger partial charge is 0.494 e. The summed E-state index contributed by atoms with van der Waals surface area (Å²) in [4.78, 5) is 27.7. The van der Waals surface area contributed by atoms with Crippen molar-refractivity contribution in [1.29, 1.82) is 0 Å². The van der Waals surface area contributed by atoms with E-state index in [1.807, 2.05) is 6.92 Å². The molecule has 2 amide bonds. The van der Waals surface area contributed by atoms with Gasteiger partial charge in [-0.15, -0.1) is 0 Å². The van der Waals surface area contributed by atoms with Gasteiger partial charge >= 0.3 is 0 Å². The van der Waals surface area contributed by atoms with Gasteiger partial charge in [0.25, 0.3) is 0 Å². The number of carbonyl (C=O) groups excluding carboxylic acids is 2. The zero-order valence-corrected chi connectivity index (χ0v) is 22.6. The van der Waals surface area contributed by atoms with Gasteiger partial charge in [-0.05, 0) is 56.7 Å². The molecule has 1 unspecified atom stereocenters. The summed E-state index contributed by atoms with van der Waals surface area (Å²) in [5.41, 5.74) is 0.769. The predicted molar refractivity (Wildman–Crippen MR) is 140 cm³/mol. The molecule has 0 aromatic heterocycles. The van der Waals surface area contributed by atoms with Crippen molar-refractivity contribution < 1.29 is 22.7 Å². The van der Waals surface area contributed by atoms with Gasteiger partial charge < -0.3 is 15.0 Å². The minimum absolute atomic E-state index is 0.0616. The number of amides is 2. The Hall–Kier alpha value is -2.49. The second kappa shape index (κ2) is 13.0. The van der Waals surface area contributed by atoms with E-state index in [4.69, 9.17) is 27.9 Å². The first-order chi connectivity index (χ1) is 16.5. The van der Waals surface area contributed by atoms with E-state index in [1.54, 1.807) is 56.3 Å². The van der Waals surface area contributed by atoms with Crippen LogP contribution in [0, 0.1) is 0 Å². The topological polar surface area (TPSA) is 96.0 Å². The van der Waals surface area contributed by atoms with Crippen molar-refractivity contribution in [3.63, 3.8) is 0 Å². The SMILES string of the molecule is CCNC(=O)C(CC)N(Cc1c(Cl)cccc1Cl)C(=O)CN(c1ccc(OCC)cc1)S(C)(=O)=O. The smallest absolute Gasteiger partial charge is 0.244 e. The average Bonchev–Trinajstić information content (AvgIpc) is 2.79. The van der Waals surface area contributed by atoms with E-state index in [0.29, 0.717) is 46.6 Å². The van der Waals surface area contributed by atoms with Crippen LogP contribution in [0.15, 0.2) is 42.5 Å². The van der Waals surface area contributed by atoms with Gasteiger partial charge in [0.05, 0.1) is 18.6 Å². The summed E-state index contributed by atoms with van der Waals surface area (Å²) < 4.78 is 31.7. The summed E-state index contributed by atoms with van der Waals surface area (Å²) in [6, 6.07) is 10.5. The molecule has 0 saturated carbocycles. The molecule has 0 spiro atoms. The summed E-state index contributed by atoms with van der Waals surface area (Å²) in [6.45, 7) is 5.66. The third-order valence-electron chi connectivity index (χ3n) is 5.24. The number of nitrogens with one attached hydrogen (secondary N) is 1. The molecule has 0 aliphatic rings. The second-order valence-electron chi connectivity index (χ2n) is 7.74. The maximum atomic E-state index is 13.6. The molecule has 1 N–H and O–H groups in total. The minimum atomic E-state index is -3.83. The van der Waals surface area contributed by atoms with Gasteiger partial charge in [0.1, 0.15) is 18.3 Å². The highest BCUT2D eigenvalue weighted by Crippen LogP contribution is 2.28. The van der Waals surface area contributed by atoms with Crippen molar-refractivity contribution in [1.82, 2.24) is 10.2 Å². The van der Waals surface area contributed by atoms with Gasteiger partial charge in [-0.2, -0.15) is 0 Å². The van der Waals surface area contributed by atoms with Crippen LogP contribution < -0.4 is 14.4 Å². The molecule has 0 aliphatic carbocycles. The van der Waals surface area contributed by atoms with Crippen molar-refractivity contribution in [2.75, 3.05) is 30.3 Å². The molecule has 11 heteroatoms. The molecule has 0 saturated heterocycles. The molecular weight excluding hydrogens is 513 g/mol. The lowest BCUT2D eigenvalue weighted by Crippen LogP contribution is -2.52. The highest BCUT2D eigenvalue weighted by molar-refractivity contribution is 7.92. The lowest BCUT2D eigenvalue weighted by Gasteiger charge is -2.33. The van der Waals surface area contributed by atoms with Crippen molar-refractivity contribution in [3.8, 4) is 5.75 Å². The summed E-state index contributed by atoms with van der Waals surface area (Å²) in [5, 5.41) is 3.42. The Bertz CT molecular complexity index is 1110. The van der Waals surface area contributed by atoms with E-state index in [-0.39, 0.29) is 12.5 Å². The van der Waals surface area contributed by atoms with Crippen LogP contribution in [0.4, 0.5) is 5.69 Å². The van der Waals surface area contributed by atoms with Crippen LogP contribution in [0.3, 0.4) is 0 Å². The number of hydrogen-bond acceptors (Lipinski definition) is 5. The molecule has 0 aliphatic heterocycles. The fourth-order valence-electron chi connectivity index (χ4n) is 3.55. The number of hydrogen-bond donors (Lipinski definition) is 1. The number of nitrogens with zero attached hydrogens (tertiary/aromatic N) is 2. The third-order valence-corrected chi connectivity index (χ3v) is 7.09. The fourth-order valence-corrected chi connectivity index (χ4v) is 4.92. The van der Waals surface area contributed by atoms with Crippen LogP contribution in [0.25, 0.3) is 0 Å². The molecule has 35 heavy (non-hydrogen) atoms. The number of rotatable bonds is 12. The zero-order chi connectivity index (χ0) is 26.2. The van der Waals surface area contributed by atoms with Gasteiger partial charge in [0.2, 0.25) is 21.8 Å². The van der Waals surface area contributed by atoms with Crippen molar-refractivity contribution in [2.45, 2.75) is 39.8 Å². The Morgan fingerprint density at radius 3 is 2.11 bits per heavy atom. The Labute approximate surface area is 217 Å². The molecule has 2 aromatic carbocycles. The Balaban J connectivity index is 2.46. The molecule has 0 bridgehead atoms. The maximum Gasteiger partial charge on any atom is 0.244 e. The standard InChI is InChI=1S/C24H31Cl2N3O5S/c1-5-22(24(31)27-6-2)28(15-19-20(25)9-8-10-21(19)26)23(30)16-29(35(4,32)33)17-11-13-18(14-12-17)34-7-3/h8-14,22H,5-7,15-16H2,1-4H3,(H,27,31). The zero-order valence-electron chi connectivity index (χ0n) is 20.3. The first kappa shape index (κ1) is 28.7. The van der Waals surface area contributed by atoms with Gasteiger partial charge in [0.15, 0.2) is 0 Å². The van der Waals surface area contributed by atoms with Crippen LogP contribution >= 0.6 is 23.2 Å². The number of anilines is 1. The first-order valence-corrected chi connectivity index (χ1v) is 13.8. The number of carbonyl (C=O) groups is 2. The highest BCUT2D eigenvalue weighted by atomic mass is 35.5. The molecule has 2 aromatic rings. The lowest BCUT2D eigenvalue weighted by atomic mass is 10.1. The number of likely N-dealkylation sites (N-methyl/N-ethyl adjacent to an activating group) is 1. The van der Waals surface area contributed by atoms with Gasteiger partial charge in [-0.25, -0.2) is 8.42 Å².